The minimum Gasteiger partial charge on any atom is -0.495 e. The molecule has 3 saturated carbocycles. The first-order chi connectivity index (χ1) is 26.5. The molecule has 0 spiro atoms. The summed E-state index contributed by atoms with van der Waals surface area (Å²) in [5, 5.41) is 14.4. The lowest BCUT2D eigenvalue weighted by Gasteiger charge is -2.37. The standard InChI is InChI=1S/C44H56ClN3O7S/c1-9-27-20-44(27,42(51)52)19-24(4)34-16-29(21-48(34)41(50)31(43(5,6)7)17-38(49)55-28-14-25-13-26(25)15-28)54-36-18-32(33-22-56-37(46-33)12-23(2)3)47-40-30(36)10-11-35(53-8)39(40)45/h9-11,18,22-29,31,34H,1,12-17,19-21H2,2-8H3,(H,51,52)/t24?,25-,26+,27?,28?,29?,31-,34+,44+/m1/s1. The van der Waals surface area contributed by atoms with Gasteiger partial charge >= 0.3 is 11.9 Å². The number of benzene rings is 1. The van der Waals surface area contributed by atoms with E-state index in [1.165, 1.54) is 6.42 Å². The number of pyridine rings is 1. The van der Waals surface area contributed by atoms with Crippen LogP contribution in [0.25, 0.3) is 22.3 Å². The van der Waals surface area contributed by atoms with E-state index in [1.807, 2.05) is 50.1 Å². The number of carboxylic acids is 1. The zero-order valence-corrected chi connectivity index (χ0v) is 35.3. The number of carbonyl (C=O) groups is 3. The fourth-order valence-electron chi connectivity index (χ4n) is 9.39. The van der Waals surface area contributed by atoms with Crippen molar-refractivity contribution in [1.29, 1.82) is 0 Å². The average molecular weight is 806 g/mol. The van der Waals surface area contributed by atoms with Crippen LogP contribution in [0.3, 0.4) is 0 Å². The van der Waals surface area contributed by atoms with Gasteiger partial charge in [-0.3, -0.25) is 14.4 Å². The van der Waals surface area contributed by atoms with E-state index < -0.39 is 28.8 Å². The van der Waals surface area contributed by atoms with Crippen LogP contribution in [-0.2, 0) is 25.5 Å². The molecule has 12 heteroatoms. The van der Waals surface area contributed by atoms with Crippen molar-refractivity contribution in [2.45, 2.75) is 111 Å². The predicted molar refractivity (Wildman–Crippen MR) is 218 cm³/mol. The van der Waals surface area contributed by atoms with Crippen molar-refractivity contribution < 1.29 is 33.7 Å². The molecule has 7 rings (SSSR count). The highest BCUT2D eigenvalue weighted by Crippen LogP contribution is 2.58. The molecule has 2 aromatic heterocycles. The number of hydrogen-bond donors (Lipinski definition) is 1. The number of carbonyl (C=O) groups excluding carboxylic acids is 2. The van der Waals surface area contributed by atoms with Gasteiger partial charge in [0, 0.05) is 35.7 Å². The van der Waals surface area contributed by atoms with E-state index in [2.05, 4.69) is 20.4 Å². The first kappa shape index (κ1) is 40.5. The lowest BCUT2D eigenvalue weighted by atomic mass is 9.77. The molecular weight excluding hydrogens is 750 g/mol. The summed E-state index contributed by atoms with van der Waals surface area (Å²) in [5.74, 6) is 0.605. The molecular formula is C44H56ClN3O7S. The summed E-state index contributed by atoms with van der Waals surface area (Å²) >= 11 is 8.48. The van der Waals surface area contributed by atoms with Crippen LogP contribution < -0.4 is 9.47 Å². The van der Waals surface area contributed by atoms with Crippen LogP contribution in [0.2, 0.25) is 5.02 Å². The Kier molecular flexibility index (Phi) is 11.3. The number of ether oxygens (including phenoxy) is 3. The summed E-state index contributed by atoms with van der Waals surface area (Å²) in [4.78, 5) is 52.7. The smallest absolute Gasteiger partial charge is 0.310 e. The molecule has 3 heterocycles. The van der Waals surface area contributed by atoms with E-state index >= 15 is 0 Å². The van der Waals surface area contributed by atoms with Crippen LogP contribution in [0.1, 0.15) is 91.5 Å². The lowest BCUT2D eigenvalue weighted by Crippen LogP contribution is -2.47. The summed E-state index contributed by atoms with van der Waals surface area (Å²) in [6.07, 6.45) is 6.53. The summed E-state index contributed by atoms with van der Waals surface area (Å²) in [7, 11) is 1.56. The number of aliphatic carboxylic acids is 1. The quantitative estimate of drug-likeness (QED) is 0.118. The number of fused-ring (bicyclic) bond motifs is 2. The molecule has 0 bridgehead atoms. The number of thiazole rings is 1. The van der Waals surface area contributed by atoms with Gasteiger partial charge in [0.1, 0.15) is 28.7 Å². The van der Waals surface area contributed by atoms with Gasteiger partial charge in [-0.2, -0.15) is 0 Å². The lowest BCUT2D eigenvalue weighted by molar-refractivity contribution is -0.156. The molecule has 3 aliphatic carbocycles. The number of carboxylic acid groups (broad SMARTS) is 1. The Hall–Kier alpha value is -3.70. The Bertz CT molecular complexity index is 2000. The Labute approximate surface area is 339 Å². The van der Waals surface area contributed by atoms with Crippen LogP contribution in [0.5, 0.6) is 11.5 Å². The molecule has 1 aromatic carbocycles. The number of amides is 1. The minimum absolute atomic E-state index is 0.0139. The molecule has 302 valence electrons. The Balaban J connectivity index is 1.20. The third-order valence-corrected chi connectivity index (χ3v) is 14.0. The number of aromatic nitrogens is 2. The van der Waals surface area contributed by atoms with E-state index in [-0.39, 0.29) is 48.8 Å². The fourth-order valence-corrected chi connectivity index (χ4v) is 10.7. The van der Waals surface area contributed by atoms with Gasteiger partial charge < -0.3 is 24.2 Å². The van der Waals surface area contributed by atoms with Crippen molar-refractivity contribution in [2.24, 2.45) is 46.3 Å². The number of hydrogen-bond acceptors (Lipinski definition) is 9. The van der Waals surface area contributed by atoms with Crippen molar-refractivity contribution in [1.82, 2.24) is 14.9 Å². The van der Waals surface area contributed by atoms with E-state index in [0.717, 1.165) is 30.0 Å². The monoisotopic (exact) mass is 805 g/mol. The zero-order chi connectivity index (χ0) is 40.3. The molecule has 4 aliphatic rings. The van der Waals surface area contributed by atoms with Crippen molar-refractivity contribution in [3.63, 3.8) is 0 Å². The second-order valence-corrected chi connectivity index (χ2v) is 19.7. The number of methoxy groups -OCH3 is 1. The average Bonchev–Trinajstić information content (AvgIpc) is 3.80. The first-order valence-electron chi connectivity index (χ1n) is 20.2. The van der Waals surface area contributed by atoms with Crippen molar-refractivity contribution in [3.8, 4) is 22.9 Å². The van der Waals surface area contributed by atoms with Crippen LogP contribution in [0.15, 0.2) is 36.2 Å². The molecule has 1 amide bonds. The van der Waals surface area contributed by atoms with Gasteiger partial charge in [-0.1, -0.05) is 59.2 Å². The molecule has 56 heavy (non-hydrogen) atoms. The number of rotatable bonds is 15. The maximum Gasteiger partial charge on any atom is 0.310 e. The zero-order valence-electron chi connectivity index (χ0n) is 33.7. The molecule has 9 atom stereocenters. The first-order valence-corrected chi connectivity index (χ1v) is 21.4. The van der Waals surface area contributed by atoms with E-state index in [9.17, 15) is 19.5 Å². The minimum atomic E-state index is -0.905. The van der Waals surface area contributed by atoms with Gasteiger partial charge in [0.15, 0.2) is 0 Å². The van der Waals surface area contributed by atoms with Crippen LogP contribution >= 0.6 is 22.9 Å². The third-order valence-electron chi connectivity index (χ3n) is 12.7. The molecule has 1 aliphatic heterocycles. The van der Waals surface area contributed by atoms with Crippen LogP contribution in [0.4, 0.5) is 0 Å². The second kappa shape index (κ2) is 15.6. The van der Waals surface area contributed by atoms with Crippen LogP contribution in [0, 0.1) is 46.3 Å². The number of esters is 1. The van der Waals surface area contributed by atoms with Crippen molar-refractivity contribution in [3.05, 3.63) is 46.3 Å². The van der Waals surface area contributed by atoms with E-state index in [1.54, 1.807) is 30.6 Å². The maximum absolute atomic E-state index is 14.9. The van der Waals surface area contributed by atoms with Crippen molar-refractivity contribution >= 4 is 51.7 Å². The largest absolute Gasteiger partial charge is 0.495 e. The SMILES string of the molecule is C=CC1C[C@]1(CC(C)[C@@H]1CC(Oc2cc(-c3csc(CC(C)C)n3)nc3c(Cl)c(OC)ccc23)CN1C(=O)[C@@H](CC(=O)OC1C[C@@H]2C[C@@H]2C1)C(C)(C)C)C(=O)O. The Morgan fingerprint density at radius 1 is 1.07 bits per heavy atom. The number of halogens is 1. The highest BCUT2D eigenvalue weighted by Gasteiger charge is 2.60. The van der Waals surface area contributed by atoms with Gasteiger partial charge in [-0.25, -0.2) is 9.97 Å². The fraction of sp³-hybridized carbons (Fsp3) is 0.614. The highest BCUT2D eigenvalue weighted by atomic mass is 35.5. The third kappa shape index (κ3) is 8.17. The molecule has 3 aromatic rings. The predicted octanol–water partition coefficient (Wildman–Crippen LogP) is 9.26. The molecule has 1 N–H and O–H groups in total. The number of nitrogens with zero attached hydrogens (tertiary/aromatic N) is 3. The summed E-state index contributed by atoms with van der Waals surface area (Å²) < 4.78 is 18.4. The van der Waals surface area contributed by atoms with Gasteiger partial charge in [0.2, 0.25) is 5.91 Å². The molecule has 10 nitrogen and oxygen atoms in total. The highest BCUT2D eigenvalue weighted by molar-refractivity contribution is 7.09. The summed E-state index contributed by atoms with van der Waals surface area (Å²) in [5.41, 5.74) is 0.412. The van der Waals surface area contributed by atoms with Crippen molar-refractivity contribution in [2.75, 3.05) is 13.7 Å². The molecule has 0 radical (unpaired) electrons. The Morgan fingerprint density at radius 2 is 1.80 bits per heavy atom. The summed E-state index contributed by atoms with van der Waals surface area (Å²) in [6.45, 7) is 16.5. The normalized spacial score (nSPS) is 27.8. The summed E-state index contributed by atoms with van der Waals surface area (Å²) in [6, 6.07) is 5.23. The maximum atomic E-state index is 14.9. The topological polar surface area (TPSA) is 128 Å². The van der Waals surface area contributed by atoms with Gasteiger partial charge in [-0.05, 0) is 79.2 Å². The molecule has 1 saturated heterocycles. The Morgan fingerprint density at radius 3 is 2.43 bits per heavy atom. The molecule has 4 fully saturated rings. The number of likely N-dealkylation sites (tertiary alicyclic amines) is 1. The molecule has 4 unspecified atom stereocenters. The van der Waals surface area contributed by atoms with Crippen LogP contribution in [-0.4, -0.2) is 69.7 Å². The van der Waals surface area contributed by atoms with E-state index in [4.69, 9.17) is 35.8 Å². The number of allylic oxidation sites excluding steroid dienone is 1. The van der Waals surface area contributed by atoms with Gasteiger partial charge in [-0.15, -0.1) is 17.9 Å². The van der Waals surface area contributed by atoms with Gasteiger partial charge in [0.25, 0.3) is 0 Å². The second-order valence-electron chi connectivity index (χ2n) is 18.4. The van der Waals surface area contributed by atoms with E-state index in [0.29, 0.717) is 70.1 Å². The van der Waals surface area contributed by atoms with Gasteiger partial charge in [0.05, 0.1) is 53.3 Å².